The van der Waals surface area contributed by atoms with Crippen molar-refractivity contribution in [2.75, 3.05) is 0 Å². The fraction of sp³-hybridized carbons (Fsp3) is 0. The predicted molar refractivity (Wildman–Crippen MR) is 227 cm³/mol. The molecule has 11 rings (SSSR count). The molecule has 11 aromatic rings. The summed E-state index contributed by atoms with van der Waals surface area (Å²) in [4.78, 5) is 10.6. The maximum Gasteiger partial charge on any atom is 0.160 e. The molecule has 0 unspecified atom stereocenters. The first kappa shape index (κ1) is 30.0. The molecular weight excluding hydrogens is 661 g/mol. The van der Waals surface area contributed by atoms with Gasteiger partial charge in [-0.25, -0.2) is 9.97 Å². The highest BCUT2D eigenvalue weighted by molar-refractivity contribution is 7.26. The van der Waals surface area contributed by atoms with Crippen molar-refractivity contribution in [3.8, 4) is 44.9 Å². The lowest BCUT2D eigenvalue weighted by atomic mass is 9.91. The van der Waals surface area contributed by atoms with Crippen LogP contribution in [0.2, 0.25) is 0 Å². The van der Waals surface area contributed by atoms with Crippen LogP contribution in [-0.4, -0.2) is 9.97 Å². The van der Waals surface area contributed by atoms with Crippen molar-refractivity contribution in [1.82, 2.24) is 9.97 Å². The minimum absolute atomic E-state index is 0.732. The van der Waals surface area contributed by atoms with Crippen LogP contribution in [0.1, 0.15) is 0 Å². The molecule has 246 valence electrons. The zero-order chi connectivity index (χ0) is 34.9. The monoisotopic (exact) mass is 690 g/mol. The Hall–Kier alpha value is -6.68. The Bertz CT molecular complexity index is 3200. The van der Waals surface area contributed by atoms with Gasteiger partial charge in [0.2, 0.25) is 0 Å². The Kier molecular flexibility index (Phi) is 6.76. The Balaban J connectivity index is 1.06. The Morgan fingerprint density at radius 2 is 0.868 bits per heavy atom. The lowest BCUT2D eigenvalue weighted by molar-refractivity contribution is 1.24. The minimum atomic E-state index is 0.732. The Morgan fingerprint density at radius 1 is 0.340 bits per heavy atom. The molecule has 2 aromatic heterocycles. The standard InChI is InChI=1S/C50H30N2S/c1-2-13-32(14-3-1)47-49-48(46-38-19-5-4-12-31(38)25-27-45(46)53-49)52-50(51-47)37-18-11-17-35(29-37)33-15-10-16-34(28-33)36-24-26-43-41-22-7-6-20-39(41)40-21-8-9-23-42(40)44(43)30-36/h1-30H. The third-order valence-electron chi connectivity index (χ3n) is 10.6. The van der Waals surface area contributed by atoms with Gasteiger partial charge in [-0.3, -0.25) is 0 Å². The highest BCUT2D eigenvalue weighted by atomic mass is 32.1. The fourth-order valence-corrected chi connectivity index (χ4v) is 9.30. The zero-order valence-corrected chi connectivity index (χ0v) is 29.4. The van der Waals surface area contributed by atoms with E-state index in [1.807, 2.05) is 0 Å². The lowest BCUT2D eigenvalue weighted by Gasteiger charge is -2.13. The average Bonchev–Trinajstić information content (AvgIpc) is 3.63. The molecule has 0 atom stereocenters. The molecule has 0 N–H and O–H groups in total. The summed E-state index contributed by atoms with van der Waals surface area (Å²) in [5.74, 6) is 0.732. The molecule has 0 aliphatic carbocycles. The molecule has 0 saturated heterocycles. The van der Waals surface area contributed by atoms with E-state index in [1.165, 1.54) is 64.3 Å². The normalized spacial score (nSPS) is 11.8. The molecule has 0 saturated carbocycles. The molecule has 2 heterocycles. The molecule has 0 fully saturated rings. The number of hydrogen-bond donors (Lipinski definition) is 0. The molecular formula is C50H30N2S. The molecule has 53 heavy (non-hydrogen) atoms. The van der Waals surface area contributed by atoms with Gasteiger partial charge >= 0.3 is 0 Å². The van der Waals surface area contributed by atoms with E-state index in [9.17, 15) is 0 Å². The molecule has 0 radical (unpaired) electrons. The van der Waals surface area contributed by atoms with Crippen LogP contribution in [-0.2, 0) is 0 Å². The van der Waals surface area contributed by atoms with Gasteiger partial charge in [0.25, 0.3) is 0 Å². The van der Waals surface area contributed by atoms with Crippen molar-refractivity contribution >= 4 is 74.7 Å². The van der Waals surface area contributed by atoms with Crippen LogP contribution in [0.15, 0.2) is 182 Å². The van der Waals surface area contributed by atoms with E-state index in [2.05, 4.69) is 182 Å². The predicted octanol–water partition coefficient (Wildman–Crippen LogP) is 14.1. The van der Waals surface area contributed by atoms with Crippen molar-refractivity contribution in [2.45, 2.75) is 0 Å². The van der Waals surface area contributed by atoms with Gasteiger partial charge in [0.1, 0.15) is 0 Å². The average molecular weight is 691 g/mol. The van der Waals surface area contributed by atoms with Gasteiger partial charge in [-0.1, -0.05) is 158 Å². The van der Waals surface area contributed by atoms with Crippen molar-refractivity contribution in [3.63, 3.8) is 0 Å². The maximum absolute atomic E-state index is 5.34. The number of rotatable bonds is 4. The van der Waals surface area contributed by atoms with Crippen LogP contribution in [0, 0.1) is 0 Å². The number of fused-ring (bicyclic) bond motifs is 11. The topological polar surface area (TPSA) is 25.8 Å². The molecule has 0 bridgehead atoms. The lowest BCUT2D eigenvalue weighted by Crippen LogP contribution is -1.94. The molecule has 0 amide bonds. The maximum atomic E-state index is 5.34. The van der Waals surface area contributed by atoms with Crippen LogP contribution in [0.5, 0.6) is 0 Å². The smallest absolute Gasteiger partial charge is 0.160 e. The van der Waals surface area contributed by atoms with Crippen LogP contribution in [0.3, 0.4) is 0 Å². The Morgan fingerprint density at radius 3 is 1.57 bits per heavy atom. The second kappa shape index (κ2) is 11.9. The second-order valence-electron chi connectivity index (χ2n) is 13.7. The highest BCUT2D eigenvalue weighted by Gasteiger charge is 2.19. The van der Waals surface area contributed by atoms with Gasteiger partial charge in [-0.15, -0.1) is 11.3 Å². The van der Waals surface area contributed by atoms with Crippen molar-refractivity contribution in [3.05, 3.63) is 182 Å². The summed E-state index contributed by atoms with van der Waals surface area (Å²) in [6.07, 6.45) is 0. The van der Waals surface area contributed by atoms with Gasteiger partial charge in [0.15, 0.2) is 5.82 Å². The minimum Gasteiger partial charge on any atom is -0.226 e. The molecule has 2 nitrogen and oxygen atoms in total. The first-order chi connectivity index (χ1) is 26.3. The Labute approximate surface area is 310 Å². The SMILES string of the molecule is c1ccc(-c2nc(-c3cccc(-c4cccc(-c5ccc6c7ccccc7c7ccccc7c6c5)c4)c3)nc3c2sc2ccc4ccccc4c23)cc1. The summed E-state index contributed by atoms with van der Waals surface area (Å²) in [5, 5.41) is 11.4. The molecule has 0 aliphatic heterocycles. The summed E-state index contributed by atoms with van der Waals surface area (Å²) in [7, 11) is 0. The zero-order valence-electron chi connectivity index (χ0n) is 28.6. The van der Waals surface area contributed by atoms with E-state index >= 15 is 0 Å². The van der Waals surface area contributed by atoms with Gasteiger partial charge in [0.05, 0.1) is 15.9 Å². The van der Waals surface area contributed by atoms with Gasteiger partial charge in [0, 0.05) is 21.2 Å². The third-order valence-corrected chi connectivity index (χ3v) is 11.8. The molecule has 0 spiro atoms. The molecule has 3 heteroatoms. The van der Waals surface area contributed by atoms with E-state index < -0.39 is 0 Å². The summed E-state index contributed by atoms with van der Waals surface area (Å²) in [6, 6.07) is 65.6. The number of aromatic nitrogens is 2. The van der Waals surface area contributed by atoms with Gasteiger partial charge < -0.3 is 0 Å². The molecule has 9 aromatic carbocycles. The highest BCUT2D eigenvalue weighted by Crippen LogP contribution is 2.43. The van der Waals surface area contributed by atoms with Crippen LogP contribution >= 0.6 is 11.3 Å². The van der Waals surface area contributed by atoms with Gasteiger partial charge in [-0.2, -0.15) is 0 Å². The molecule has 0 aliphatic rings. The summed E-state index contributed by atoms with van der Waals surface area (Å²) in [6.45, 7) is 0. The summed E-state index contributed by atoms with van der Waals surface area (Å²) >= 11 is 1.78. The van der Waals surface area contributed by atoms with Crippen molar-refractivity contribution in [2.24, 2.45) is 0 Å². The van der Waals surface area contributed by atoms with Crippen LogP contribution in [0.4, 0.5) is 0 Å². The number of thiophene rings is 1. The summed E-state index contributed by atoms with van der Waals surface area (Å²) < 4.78 is 2.34. The number of nitrogens with zero attached hydrogens (tertiary/aromatic N) is 2. The fourth-order valence-electron chi connectivity index (χ4n) is 8.13. The van der Waals surface area contributed by atoms with E-state index in [-0.39, 0.29) is 0 Å². The van der Waals surface area contributed by atoms with E-state index in [0.29, 0.717) is 0 Å². The third kappa shape index (κ3) is 4.86. The van der Waals surface area contributed by atoms with Crippen LogP contribution in [0.25, 0.3) is 108 Å². The quantitative estimate of drug-likeness (QED) is 0.172. The first-order valence-electron chi connectivity index (χ1n) is 18.0. The van der Waals surface area contributed by atoms with E-state index in [1.54, 1.807) is 11.3 Å². The number of benzene rings is 9. The van der Waals surface area contributed by atoms with Crippen molar-refractivity contribution in [1.29, 1.82) is 0 Å². The van der Waals surface area contributed by atoms with Crippen molar-refractivity contribution < 1.29 is 0 Å². The summed E-state index contributed by atoms with van der Waals surface area (Å²) in [5.41, 5.74) is 8.75. The first-order valence-corrected chi connectivity index (χ1v) is 18.8. The van der Waals surface area contributed by atoms with Gasteiger partial charge in [-0.05, 0) is 89.6 Å². The number of hydrogen-bond acceptors (Lipinski definition) is 3. The largest absolute Gasteiger partial charge is 0.226 e. The van der Waals surface area contributed by atoms with E-state index in [4.69, 9.17) is 9.97 Å². The second-order valence-corrected chi connectivity index (χ2v) is 14.8. The van der Waals surface area contributed by atoms with E-state index in [0.717, 1.165) is 44.0 Å². The van der Waals surface area contributed by atoms with Crippen LogP contribution < -0.4 is 0 Å².